The second kappa shape index (κ2) is 6.98. The van der Waals surface area contributed by atoms with Crippen LogP contribution in [0.4, 0.5) is 16.2 Å². The maximum atomic E-state index is 12.3. The summed E-state index contributed by atoms with van der Waals surface area (Å²) in [6.45, 7) is 0.870. The number of amides is 3. The number of hydrogen-bond acceptors (Lipinski definition) is 4. The molecule has 3 rings (SSSR count). The van der Waals surface area contributed by atoms with Gasteiger partial charge in [-0.05, 0) is 30.3 Å². The Balaban J connectivity index is 1.81. The highest BCUT2D eigenvalue weighted by Crippen LogP contribution is 2.34. The van der Waals surface area contributed by atoms with E-state index in [0.29, 0.717) is 52.5 Å². The van der Waals surface area contributed by atoms with E-state index >= 15 is 0 Å². The Kier molecular flexibility index (Phi) is 4.78. The molecule has 1 aliphatic heterocycles. The molecule has 0 fully saturated rings. The van der Waals surface area contributed by atoms with Crippen molar-refractivity contribution in [1.82, 2.24) is 0 Å². The highest BCUT2D eigenvalue weighted by atomic mass is 35.5. The molecule has 2 aromatic rings. The largest absolute Gasteiger partial charge is 0.486 e. The van der Waals surface area contributed by atoms with E-state index in [-0.39, 0.29) is 0 Å². The fraction of sp³-hybridized carbons (Fsp3) is 0.125. The molecule has 0 saturated carbocycles. The minimum absolute atomic E-state index is 0.298. The third-order valence-electron chi connectivity index (χ3n) is 3.30. The molecule has 1 aliphatic rings. The van der Waals surface area contributed by atoms with Crippen molar-refractivity contribution in [2.24, 2.45) is 0 Å². The topological polar surface area (TPSA) is 67.9 Å². The maximum Gasteiger partial charge on any atom is 0.332 e. The van der Waals surface area contributed by atoms with E-state index in [2.05, 4.69) is 5.32 Å². The molecular weight excluding hydrogens is 355 g/mol. The summed E-state index contributed by atoms with van der Waals surface area (Å²) in [6.07, 6.45) is 0.415. The first-order valence-corrected chi connectivity index (χ1v) is 7.74. The van der Waals surface area contributed by atoms with E-state index < -0.39 is 6.03 Å². The molecule has 0 aromatic heterocycles. The number of fused-ring (bicyclic) bond motifs is 1. The number of nitrogens with one attached hydrogen (secondary N) is 1. The molecule has 3 amide bonds. The summed E-state index contributed by atoms with van der Waals surface area (Å²) < 4.78 is 10.9. The number of rotatable bonds is 3. The summed E-state index contributed by atoms with van der Waals surface area (Å²) >= 11 is 11.7. The highest BCUT2D eigenvalue weighted by molar-refractivity contribution is 6.42. The van der Waals surface area contributed by atoms with Crippen molar-refractivity contribution in [3.8, 4) is 11.5 Å². The second-order valence-corrected chi connectivity index (χ2v) is 5.68. The monoisotopic (exact) mass is 366 g/mol. The number of nitrogens with zero attached hydrogens (tertiary/aromatic N) is 1. The molecule has 0 atom stereocenters. The van der Waals surface area contributed by atoms with Gasteiger partial charge in [-0.3, -0.25) is 4.79 Å². The Morgan fingerprint density at radius 3 is 2.50 bits per heavy atom. The number of carbonyl (C=O) groups is 2. The number of benzene rings is 2. The van der Waals surface area contributed by atoms with E-state index in [9.17, 15) is 9.59 Å². The van der Waals surface area contributed by atoms with Crippen molar-refractivity contribution in [1.29, 1.82) is 0 Å². The summed E-state index contributed by atoms with van der Waals surface area (Å²) in [7, 11) is 0. The zero-order valence-corrected chi connectivity index (χ0v) is 13.8. The van der Waals surface area contributed by atoms with Crippen LogP contribution >= 0.6 is 23.2 Å². The summed E-state index contributed by atoms with van der Waals surface area (Å²) in [5.41, 5.74) is 0.769. The maximum absolute atomic E-state index is 12.3. The standard InChI is InChI=1S/C16H12Cl2N2O4/c17-12-3-1-10(7-13(12)18)19-16(22)20(9-21)11-2-4-14-15(8-11)24-6-5-23-14/h1-4,7-9H,5-6H2,(H,19,22). The quantitative estimate of drug-likeness (QED) is 0.834. The van der Waals surface area contributed by atoms with Crippen molar-refractivity contribution >= 4 is 47.0 Å². The molecule has 6 nitrogen and oxygen atoms in total. The Hall–Kier alpha value is -2.44. The van der Waals surface area contributed by atoms with Gasteiger partial charge in [0.05, 0.1) is 15.7 Å². The molecule has 2 aromatic carbocycles. The van der Waals surface area contributed by atoms with Gasteiger partial charge < -0.3 is 14.8 Å². The predicted molar refractivity (Wildman–Crippen MR) is 91.5 cm³/mol. The van der Waals surface area contributed by atoms with Crippen molar-refractivity contribution < 1.29 is 19.1 Å². The van der Waals surface area contributed by atoms with Gasteiger partial charge in [-0.25, -0.2) is 9.69 Å². The summed E-state index contributed by atoms with van der Waals surface area (Å²) in [5.74, 6) is 1.05. The van der Waals surface area contributed by atoms with Crippen molar-refractivity contribution in [3.63, 3.8) is 0 Å². The zero-order chi connectivity index (χ0) is 17.1. The molecular formula is C16H12Cl2N2O4. The van der Waals surface area contributed by atoms with E-state index in [4.69, 9.17) is 32.7 Å². The van der Waals surface area contributed by atoms with Gasteiger partial charge in [0.15, 0.2) is 11.5 Å². The van der Waals surface area contributed by atoms with Crippen LogP contribution < -0.4 is 19.7 Å². The summed E-state index contributed by atoms with van der Waals surface area (Å²) in [4.78, 5) is 24.6. The fourth-order valence-corrected chi connectivity index (χ4v) is 2.46. The number of halogens is 2. The average molecular weight is 367 g/mol. The molecule has 0 aliphatic carbocycles. The lowest BCUT2D eigenvalue weighted by Crippen LogP contribution is -2.33. The van der Waals surface area contributed by atoms with Crippen molar-refractivity contribution in [3.05, 3.63) is 46.4 Å². The molecule has 24 heavy (non-hydrogen) atoms. The Bertz CT molecular complexity index is 798. The first kappa shape index (κ1) is 16.4. The van der Waals surface area contributed by atoms with Crippen LogP contribution in [0.15, 0.2) is 36.4 Å². The van der Waals surface area contributed by atoms with Crippen LogP contribution in [-0.2, 0) is 4.79 Å². The van der Waals surface area contributed by atoms with Gasteiger partial charge in [-0.2, -0.15) is 0 Å². The predicted octanol–water partition coefficient (Wildman–Crippen LogP) is 3.96. The lowest BCUT2D eigenvalue weighted by Gasteiger charge is -2.21. The number of ether oxygens (including phenoxy) is 2. The molecule has 0 spiro atoms. The first-order chi connectivity index (χ1) is 11.6. The second-order valence-electron chi connectivity index (χ2n) is 4.86. The molecule has 0 radical (unpaired) electrons. The number of urea groups is 1. The number of carbonyl (C=O) groups excluding carboxylic acids is 2. The van der Waals surface area contributed by atoms with Crippen molar-refractivity contribution in [2.75, 3.05) is 23.4 Å². The molecule has 1 heterocycles. The van der Waals surface area contributed by atoms with Crippen LogP contribution in [0.3, 0.4) is 0 Å². The Labute approximate surface area is 147 Å². The van der Waals surface area contributed by atoms with E-state index in [1.165, 1.54) is 6.07 Å². The highest BCUT2D eigenvalue weighted by Gasteiger charge is 2.19. The lowest BCUT2D eigenvalue weighted by atomic mass is 10.2. The van der Waals surface area contributed by atoms with Gasteiger partial charge in [0.1, 0.15) is 13.2 Å². The molecule has 0 bridgehead atoms. The normalized spacial score (nSPS) is 12.4. The van der Waals surface area contributed by atoms with Crippen LogP contribution in [-0.4, -0.2) is 25.7 Å². The minimum Gasteiger partial charge on any atom is -0.486 e. The molecule has 0 unspecified atom stereocenters. The molecule has 0 saturated heterocycles. The van der Waals surface area contributed by atoms with Crippen LogP contribution in [0, 0.1) is 0 Å². The lowest BCUT2D eigenvalue weighted by molar-refractivity contribution is -0.106. The number of hydrogen-bond donors (Lipinski definition) is 1. The van der Waals surface area contributed by atoms with Gasteiger partial charge in [0.2, 0.25) is 6.41 Å². The molecule has 1 N–H and O–H groups in total. The van der Waals surface area contributed by atoms with Gasteiger partial charge in [-0.1, -0.05) is 23.2 Å². The molecule has 8 heteroatoms. The minimum atomic E-state index is -0.639. The molecule has 124 valence electrons. The Morgan fingerprint density at radius 2 is 1.79 bits per heavy atom. The van der Waals surface area contributed by atoms with Gasteiger partial charge in [0, 0.05) is 11.8 Å². The third-order valence-corrected chi connectivity index (χ3v) is 4.04. The van der Waals surface area contributed by atoms with Crippen molar-refractivity contribution in [2.45, 2.75) is 0 Å². The van der Waals surface area contributed by atoms with Crippen LogP contribution in [0.5, 0.6) is 11.5 Å². The number of imide groups is 1. The zero-order valence-electron chi connectivity index (χ0n) is 12.3. The summed E-state index contributed by atoms with van der Waals surface area (Å²) in [5, 5.41) is 3.25. The fourth-order valence-electron chi connectivity index (χ4n) is 2.17. The smallest absolute Gasteiger partial charge is 0.332 e. The summed E-state index contributed by atoms with van der Waals surface area (Å²) in [6, 6.07) is 8.79. The SMILES string of the molecule is O=CN(C(=O)Nc1ccc(Cl)c(Cl)c1)c1ccc2c(c1)OCCO2. The third kappa shape index (κ3) is 3.39. The van der Waals surface area contributed by atoms with Crippen LogP contribution in [0.25, 0.3) is 0 Å². The Morgan fingerprint density at radius 1 is 1.04 bits per heavy atom. The van der Waals surface area contributed by atoms with Gasteiger partial charge in [0.25, 0.3) is 0 Å². The first-order valence-electron chi connectivity index (χ1n) is 6.98. The van der Waals surface area contributed by atoms with E-state index in [1.54, 1.807) is 30.3 Å². The number of anilines is 2. The van der Waals surface area contributed by atoms with Gasteiger partial charge >= 0.3 is 6.03 Å². The average Bonchev–Trinajstić information content (AvgIpc) is 2.59. The van der Waals surface area contributed by atoms with Crippen LogP contribution in [0.2, 0.25) is 10.0 Å². The van der Waals surface area contributed by atoms with E-state index in [1.807, 2.05) is 0 Å². The van der Waals surface area contributed by atoms with E-state index in [0.717, 1.165) is 4.90 Å². The van der Waals surface area contributed by atoms with Gasteiger partial charge in [-0.15, -0.1) is 0 Å². The van der Waals surface area contributed by atoms with Crippen LogP contribution in [0.1, 0.15) is 0 Å².